The number of hydrogen-bond acceptors (Lipinski definition) is 6. The van der Waals surface area contributed by atoms with Crippen LogP contribution in [0.2, 0.25) is 0 Å². The van der Waals surface area contributed by atoms with E-state index in [0.29, 0.717) is 29.8 Å². The second-order valence-corrected chi connectivity index (χ2v) is 11.4. The molecule has 13 heteroatoms. The van der Waals surface area contributed by atoms with Crippen molar-refractivity contribution in [3.05, 3.63) is 51.4 Å². The average molecular weight is 575 g/mol. The molecule has 1 aromatic carbocycles. The molecule has 2 heterocycles. The van der Waals surface area contributed by atoms with E-state index in [1.54, 1.807) is 29.6 Å². The molecule has 1 aliphatic heterocycles. The number of nitrogens with zero attached hydrogens (tertiary/aromatic N) is 1. The maximum absolute atomic E-state index is 15.4. The Morgan fingerprint density at radius 2 is 1.91 bits per heavy atom. The standard InChI is InChI=1S/C20H17BrF6N2O2S2/c21-12-2-1-11-14(15(12)22)19(32-5-6-33-19)4-3-18(11,9-30)29-16-13(31-17(23)24)7-10(8-28-16)20(25,26)27/h1-2,7-8,17,30H,3-6,9H2,(H,28,29)/t18-/m1/s1. The van der Waals surface area contributed by atoms with Gasteiger partial charge in [0.05, 0.1) is 26.3 Å². The molecule has 33 heavy (non-hydrogen) atoms. The molecule has 1 aliphatic carbocycles. The fraction of sp³-hybridized carbons (Fsp3) is 0.450. The largest absolute Gasteiger partial charge is 0.431 e. The van der Waals surface area contributed by atoms with Gasteiger partial charge in [-0.1, -0.05) is 6.07 Å². The van der Waals surface area contributed by atoms with Gasteiger partial charge in [-0.05, 0) is 46.5 Å². The van der Waals surface area contributed by atoms with Gasteiger partial charge in [-0.3, -0.25) is 0 Å². The Balaban J connectivity index is 1.83. The van der Waals surface area contributed by atoms with Crippen LogP contribution in [0, 0.1) is 5.82 Å². The molecule has 2 aromatic rings. The molecular formula is C20H17BrF6N2O2S2. The molecule has 0 saturated carbocycles. The van der Waals surface area contributed by atoms with Gasteiger partial charge in [-0.25, -0.2) is 9.37 Å². The maximum atomic E-state index is 15.4. The van der Waals surface area contributed by atoms with E-state index >= 15 is 4.39 Å². The quantitative estimate of drug-likeness (QED) is 0.407. The minimum Gasteiger partial charge on any atom is -0.431 e. The van der Waals surface area contributed by atoms with Crippen LogP contribution in [0.25, 0.3) is 0 Å². The highest BCUT2D eigenvalue weighted by Gasteiger charge is 2.51. The van der Waals surface area contributed by atoms with Crippen molar-refractivity contribution in [2.45, 2.75) is 35.2 Å². The molecule has 1 fully saturated rings. The van der Waals surface area contributed by atoms with Crippen molar-refractivity contribution in [3.8, 4) is 5.75 Å². The second-order valence-electron chi connectivity index (χ2n) is 7.55. The number of alkyl halides is 5. The van der Waals surface area contributed by atoms with Crippen LogP contribution < -0.4 is 10.1 Å². The van der Waals surface area contributed by atoms with Crippen molar-refractivity contribution in [2.24, 2.45) is 0 Å². The van der Waals surface area contributed by atoms with Crippen molar-refractivity contribution in [1.29, 1.82) is 0 Å². The van der Waals surface area contributed by atoms with E-state index in [0.717, 1.165) is 11.5 Å². The lowest BCUT2D eigenvalue weighted by molar-refractivity contribution is -0.138. The third-order valence-electron chi connectivity index (χ3n) is 5.65. The van der Waals surface area contributed by atoms with Gasteiger partial charge < -0.3 is 15.2 Å². The molecule has 4 rings (SSSR count). The Morgan fingerprint density at radius 3 is 2.52 bits per heavy atom. The molecule has 4 nitrogen and oxygen atoms in total. The number of benzene rings is 1. The van der Waals surface area contributed by atoms with Crippen molar-refractivity contribution in [2.75, 3.05) is 23.4 Å². The molecule has 2 N–H and O–H groups in total. The van der Waals surface area contributed by atoms with Crippen LogP contribution in [0.3, 0.4) is 0 Å². The zero-order valence-corrected chi connectivity index (χ0v) is 19.9. The Kier molecular flexibility index (Phi) is 6.80. The first-order valence-corrected chi connectivity index (χ1v) is 12.5. The first-order chi connectivity index (χ1) is 15.5. The highest BCUT2D eigenvalue weighted by atomic mass is 79.9. The summed E-state index contributed by atoms with van der Waals surface area (Å²) >= 11 is 6.38. The van der Waals surface area contributed by atoms with Crippen molar-refractivity contribution >= 4 is 45.3 Å². The number of hydrogen-bond donors (Lipinski definition) is 2. The molecular weight excluding hydrogens is 558 g/mol. The van der Waals surface area contributed by atoms with Gasteiger partial charge in [-0.2, -0.15) is 22.0 Å². The van der Waals surface area contributed by atoms with Gasteiger partial charge in [0, 0.05) is 23.3 Å². The number of ether oxygens (including phenoxy) is 1. The number of aliphatic hydroxyl groups excluding tert-OH is 1. The van der Waals surface area contributed by atoms with E-state index < -0.39 is 52.0 Å². The van der Waals surface area contributed by atoms with Crippen LogP contribution in [0.1, 0.15) is 29.5 Å². The van der Waals surface area contributed by atoms with E-state index in [1.807, 2.05) is 0 Å². The summed E-state index contributed by atoms with van der Waals surface area (Å²) in [6, 6.07) is 3.51. The van der Waals surface area contributed by atoms with Gasteiger partial charge in [0.25, 0.3) is 0 Å². The fourth-order valence-electron chi connectivity index (χ4n) is 4.14. The molecule has 1 atom stereocenters. The summed E-state index contributed by atoms with van der Waals surface area (Å²) in [5.74, 6) is -0.116. The van der Waals surface area contributed by atoms with E-state index in [1.165, 1.54) is 6.07 Å². The summed E-state index contributed by atoms with van der Waals surface area (Å²) in [7, 11) is 0. The smallest absolute Gasteiger partial charge is 0.418 e. The summed E-state index contributed by atoms with van der Waals surface area (Å²) < 4.78 is 84.5. The van der Waals surface area contributed by atoms with Gasteiger partial charge >= 0.3 is 12.8 Å². The van der Waals surface area contributed by atoms with E-state index in [-0.39, 0.29) is 10.9 Å². The topological polar surface area (TPSA) is 54.4 Å². The van der Waals surface area contributed by atoms with Crippen molar-refractivity contribution < 1.29 is 36.2 Å². The molecule has 0 radical (unpaired) electrons. The molecule has 180 valence electrons. The fourth-order valence-corrected chi connectivity index (χ4v) is 7.81. The Labute approximate surface area is 202 Å². The summed E-state index contributed by atoms with van der Waals surface area (Å²) in [4.78, 5) is 3.67. The van der Waals surface area contributed by atoms with Crippen LogP contribution in [0.5, 0.6) is 5.75 Å². The molecule has 0 amide bonds. The van der Waals surface area contributed by atoms with E-state index in [9.17, 15) is 27.1 Å². The third-order valence-corrected chi connectivity index (χ3v) is 9.79. The Bertz CT molecular complexity index is 1050. The van der Waals surface area contributed by atoms with Crippen LogP contribution >= 0.6 is 39.5 Å². The normalized spacial score (nSPS) is 22.0. The van der Waals surface area contributed by atoms with E-state index in [4.69, 9.17) is 0 Å². The van der Waals surface area contributed by atoms with Crippen molar-refractivity contribution in [1.82, 2.24) is 4.98 Å². The zero-order chi connectivity index (χ0) is 24.0. The number of pyridine rings is 1. The monoisotopic (exact) mass is 574 g/mol. The molecule has 0 unspecified atom stereocenters. The predicted octanol–water partition coefficient (Wildman–Crippen LogP) is 6.33. The predicted molar refractivity (Wildman–Crippen MR) is 118 cm³/mol. The van der Waals surface area contributed by atoms with Gasteiger partial charge in [0.1, 0.15) is 5.82 Å². The summed E-state index contributed by atoms with van der Waals surface area (Å²) in [5.41, 5.74) is -1.89. The summed E-state index contributed by atoms with van der Waals surface area (Å²) in [5, 5.41) is 13.2. The molecule has 1 aromatic heterocycles. The zero-order valence-electron chi connectivity index (χ0n) is 16.7. The first kappa shape index (κ1) is 24.8. The van der Waals surface area contributed by atoms with Crippen LogP contribution in [-0.4, -0.2) is 34.8 Å². The number of rotatable bonds is 5. The lowest BCUT2D eigenvalue weighted by atomic mass is 9.76. The second kappa shape index (κ2) is 9.04. The highest BCUT2D eigenvalue weighted by Crippen LogP contribution is 2.62. The first-order valence-electron chi connectivity index (χ1n) is 9.69. The minimum absolute atomic E-state index is 0.233. The van der Waals surface area contributed by atoms with Crippen molar-refractivity contribution in [3.63, 3.8) is 0 Å². The number of fused-ring (bicyclic) bond motifs is 2. The molecule has 2 aliphatic rings. The number of thioether (sulfide) groups is 2. The third kappa shape index (κ3) is 4.53. The SMILES string of the molecule is OC[C@]1(Nc2ncc(C(F)(F)F)cc2OC(F)F)CCC2(SCCS2)c2c1ccc(Br)c2F. The number of nitrogens with one attached hydrogen (secondary N) is 1. The lowest BCUT2D eigenvalue weighted by Gasteiger charge is -2.46. The maximum Gasteiger partial charge on any atom is 0.418 e. The van der Waals surface area contributed by atoms with Crippen LogP contribution in [0.15, 0.2) is 28.9 Å². The molecule has 1 spiro atoms. The van der Waals surface area contributed by atoms with Gasteiger partial charge in [0.2, 0.25) is 0 Å². The number of anilines is 1. The molecule has 1 saturated heterocycles. The van der Waals surface area contributed by atoms with Gasteiger partial charge in [-0.15, -0.1) is 23.5 Å². The number of halogens is 7. The van der Waals surface area contributed by atoms with Crippen LogP contribution in [-0.2, 0) is 15.8 Å². The summed E-state index contributed by atoms with van der Waals surface area (Å²) in [6.45, 7) is -3.98. The lowest BCUT2D eigenvalue weighted by Crippen LogP contribution is -2.46. The number of aliphatic hydroxyl groups is 1. The van der Waals surface area contributed by atoms with Crippen LogP contribution in [0.4, 0.5) is 32.2 Å². The summed E-state index contributed by atoms with van der Waals surface area (Å²) in [6.07, 6.45) is -3.64. The number of aromatic nitrogens is 1. The van der Waals surface area contributed by atoms with E-state index in [2.05, 4.69) is 31.0 Å². The average Bonchev–Trinajstić information content (AvgIpc) is 3.22. The minimum atomic E-state index is -4.82. The Morgan fingerprint density at radius 1 is 1.21 bits per heavy atom. The van der Waals surface area contributed by atoms with Gasteiger partial charge in [0.15, 0.2) is 11.6 Å². The molecule has 0 bridgehead atoms. The Hall–Kier alpha value is -1.31. The highest BCUT2D eigenvalue weighted by molar-refractivity contribution is 9.10.